The number of carboxylic acid groups (broad SMARTS) is 1. The molecule has 102 valence electrons. The summed E-state index contributed by atoms with van der Waals surface area (Å²) in [6.45, 7) is 3.94. The van der Waals surface area contributed by atoms with Gasteiger partial charge in [-0.25, -0.2) is 0 Å². The summed E-state index contributed by atoms with van der Waals surface area (Å²) < 4.78 is 37.5. The van der Waals surface area contributed by atoms with Crippen molar-refractivity contribution in [2.24, 2.45) is 11.7 Å². The number of alkyl halides is 3. The number of hydrogen-bond acceptors (Lipinski definition) is 3. The molecule has 0 aliphatic rings. The Hall–Kier alpha value is -0.820. The predicted octanol–water partition coefficient (Wildman–Crippen LogP) is 1.35. The van der Waals surface area contributed by atoms with Crippen LogP contribution >= 0.6 is 0 Å². The van der Waals surface area contributed by atoms with Gasteiger partial charge in [-0.2, -0.15) is 13.2 Å². The smallest absolute Gasteiger partial charge is 0.392 e. The lowest BCUT2D eigenvalue weighted by Crippen LogP contribution is -2.41. The molecule has 0 radical (unpaired) electrons. The number of aliphatic carboxylic acids is 1. The highest BCUT2D eigenvalue weighted by Gasteiger charge is 2.41. The molecule has 0 aromatic carbocycles. The molecule has 0 saturated carbocycles. The first-order valence-electron chi connectivity index (χ1n) is 5.40. The van der Waals surface area contributed by atoms with Crippen LogP contribution in [-0.2, 0) is 4.79 Å². The molecule has 17 heavy (non-hydrogen) atoms. The lowest BCUT2D eigenvalue weighted by atomic mass is 9.96. The summed E-state index contributed by atoms with van der Waals surface area (Å²) in [5.74, 6) is -3.35. The van der Waals surface area contributed by atoms with Crippen LogP contribution in [0.25, 0.3) is 0 Å². The third-order valence-corrected chi connectivity index (χ3v) is 2.26. The maximum atomic E-state index is 12.5. The molecule has 0 rings (SSSR count). The number of carboxylic acids is 1. The molecule has 0 heterocycles. The molecule has 4 N–H and O–H groups in total. The minimum atomic E-state index is -4.52. The largest absolute Gasteiger partial charge is 0.481 e. The van der Waals surface area contributed by atoms with Crippen molar-refractivity contribution >= 4 is 5.97 Å². The van der Waals surface area contributed by atoms with Crippen molar-refractivity contribution in [3.05, 3.63) is 0 Å². The van der Waals surface area contributed by atoms with Gasteiger partial charge in [-0.1, -0.05) is 13.8 Å². The zero-order valence-electron chi connectivity index (χ0n) is 9.92. The summed E-state index contributed by atoms with van der Waals surface area (Å²) in [6.07, 6.45) is -5.83. The monoisotopic (exact) mass is 256 g/mol. The van der Waals surface area contributed by atoms with E-state index in [1.807, 2.05) is 13.8 Å². The predicted molar refractivity (Wildman–Crippen MR) is 57.5 cm³/mol. The second-order valence-electron chi connectivity index (χ2n) is 4.40. The zero-order chi connectivity index (χ0) is 13.6. The maximum absolute atomic E-state index is 12.5. The Morgan fingerprint density at radius 2 is 1.94 bits per heavy atom. The Kier molecular flexibility index (Phi) is 6.48. The second-order valence-corrected chi connectivity index (χ2v) is 4.40. The highest BCUT2D eigenvalue weighted by molar-refractivity contribution is 5.67. The lowest BCUT2D eigenvalue weighted by Gasteiger charge is -2.23. The van der Waals surface area contributed by atoms with E-state index in [2.05, 4.69) is 5.32 Å². The molecule has 0 aliphatic heterocycles. The van der Waals surface area contributed by atoms with Gasteiger partial charge in [0.25, 0.3) is 0 Å². The summed E-state index contributed by atoms with van der Waals surface area (Å²) in [6, 6.07) is -0.576. The minimum absolute atomic E-state index is 0.130. The first-order chi connectivity index (χ1) is 7.62. The SMILES string of the molecule is CC(C)NC[C@@H](N)C[C@@H](CC(=O)O)C(F)(F)F. The van der Waals surface area contributed by atoms with Crippen LogP contribution in [0.15, 0.2) is 0 Å². The van der Waals surface area contributed by atoms with Gasteiger partial charge in [0.2, 0.25) is 0 Å². The van der Waals surface area contributed by atoms with Crippen LogP contribution in [0.4, 0.5) is 13.2 Å². The van der Waals surface area contributed by atoms with Gasteiger partial charge >= 0.3 is 12.1 Å². The Morgan fingerprint density at radius 3 is 2.29 bits per heavy atom. The van der Waals surface area contributed by atoms with Gasteiger partial charge in [0.05, 0.1) is 12.3 Å². The van der Waals surface area contributed by atoms with Gasteiger partial charge in [-0.15, -0.1) is 0 Å². The molecular weight excluding hydrogens is 237 g/mol. The zero-order valence-corrected chi connectivity index (χ0v) is 9.92. The molecule has 7 heteroatoms. The van der Waals surface area contributed by atoms with Gasteiger partial charge in [0, 0.05) is 18.6 Å². The van der Waals surface area contributed by atoms with Gasteiger partial charge in [0.15, 0.2) is 0 Å². The molecule has 0 amide bonds. The van der Waals surface area contributed by atoms with Crippen molar-refractivity contribution in [1.82, 2.24) is 5.32 Å². The van der Waals surface area contributed by atoms with Crippen LogP contribution in [0.3, 0.4) is 0 Å². The molecule has 0 fully saturated rings. The fourth-order valence-corrected chi connectivity index (χ4v) is 1.38. The fraction of sp³-hybridized carbons (Fsp3) is 0.900. The molecule has 4 nitrogen and oxygen atoms in total. The van der Waals surface area contributed by atoms with Crippen molar-refractivity contribution < 1.29 is 23.1 Å². The van der Waals surface area contributed by atoms with Gasteiger partial charge < -0.3 is 16.2 Å². The molecule has 0 unspecified atom stereocenters. The molecule has 0 aromatic rings. The highest BCUT2D eigenvalue weighted by atomic mass is 19.4. The molecule has 0 spiro atoms. The lowest BCUT2D eigenvalue weighted by molar-refractivity contribution is -0.185. The number of rotatable bonds is 7. The van der Waals surface area contributed by atoms with E-state index in [0.717, 1.165) is 0 Å². The minimum Gasteiger partial charge on any atom is -0.481 e. The number of nitrogens with one attached hydrogen (secondary N) is 1. The number of nitrogens with two attached hydrogens (primary N) is 1. The van der Waals surface area contributed by atoms with E-state index in [0.29, 0.717) is 0 Å². The van der Waals surface area contributed by atoms with Crippen molar-refractivity contribution in [1.29, 1.82) is 0 Å². The van der Waals surface area contributed by atoms with E-state index in [9.17, 15) is 18.0 Å². The summed E-state index contributed by atoms with van der Waals surface area (Å²) in [5.41, 5.74) is 5.54. The third kappa shape index (κ3) is 7.98. The Balaban J connectivity index is 4.28. The standard InChI is InChI=1S/C10H19F3N2O2/c1-6(2)15-5-8(14)3-7(4-9(16)17)10(11,12)13/h6-8,15H,3-5,14H2,1-2H3,(H,16,17)/t7-,8-/m0/s1. The van der Waals surface area contributed by atoms with Crippen molar-refractivity contribution in [3.8, 4) is 0 Å². The fourth-order valence-electron chi connectivity index (χ4n) is 1.38. The molecule has 0 aliphatic carbocycles. The van der Waals surface area contributed by atoms with Crippen LogP contribution in [0.1, 0.15) is 26.7 Å². The number of hydrogen-bond donors (Lipinski definition) is 3. The Bertz CT molecular complexity index is 244. The quantitative estimate of drug-likeness (QED) is 0.643. The summed E-state index contributed by atoms with van der Waals surface area (Å²) in [7, 11) is 0. The van der Waals surface area contributed by atoms with E-state index in [-0.39, 0.29) is 19.0 Å². The average Bonchev–Trinajstić information content (AvgIpc) is 2.11. The van der Waals surface area contributed by atoms with Crippen LogP contribution in [-0.4, -0.2) is 35.9 Å². The number of carbonyl (C=O) groups is 1. The first-order valence-corrected chi connectivity index (χ1v) is 5.40. The van der Waals surface area contributed by atoms with E-state index in [4.69, 9.17) is 10.8 Å². The average molecular weight is 256 g/mol. The second kappa shape index (κ2) is 6.80. The third-order valence-electron chi connectivity index (χ3n) is 2.26. The van der Waals surface area contributed by atoms with Crippen molar-refractivity contribution in [2.75, 3.05) is 6.54 Å². The van der Waals surface area contributed by atoms with Crippen LogP contribution < -0.4 is 11.1 Å². The van der Waals surface area contributed by atoms with E-state index < -0.39 is 30.5 Å². The maximum Gasteiger partial charge on any atom is 0.392 e. The summed E-state index contributed by atoms with van der Waals surface area (Å²) in [4.78, 5) is 10.3. The van der Waals surface area contributed by atoms with E-state index in [1.54, 1.807) is 0 Å². The Labute approximate surface area is 98.4 Å². The van der Waals surface area contributed by atoms with E-state index >= 15 is 0 Å². The van der Waals surface area contributed by atoms with Crippen LogP contribution in [0.2, 0.25) is 0 Å². The molecule has 0 aromatic heterocycles. The van der Waals surface area contributed by atoms with Crippen molar-refractivity contribution in [2.45, 2.75) is 44.9 Å². The summed E-state index contributed by atoms with van der Waals surface area (Å²) >= 11 is 0. The van der Waals surface area contributed by atoms with Gasteiger partial charge in [-0.05, 0) is 6.42 Å². The topological polar surface area (TPSA) is 75.3 Å². The van der Waals surface area contributed by atoms with Crippen LogP contribution in [0, 0.1) is 5.92 Å². The normalized spacial score (nSPS) is 15.9. The molecule has 0 bridgehead atoms. The molecule has 2 atom stereocenters. The van der Waals surface area contributed by atoms with Gasteiger partial charge in [0.1, 0.15) is 0 Å². The van der Waals surface area contributed by atoms with Crippen molar-refractivity contribution in [3.63, 3.8) is 0 Å². The van der Waals surface area contributed by atoms with Crippen LogP contribution in [0.5, 0.6) is 0 Å². The van der Waals surface area contributed by atoms with E-state index in [1.165, 1.54) is 0 Å². The van der Waals surface area contributed by atoms with Gasteiger partial charge in [-0.3, -0.25) is 4.79 Å². The number of halogens is 3. The first kappa shape index (κ1) is 16.2. The Morgan fingerprint density at radius 1 is 1.41 bits per heavy atom. The summed E-state index contributed by atoms with van der Waals surface area (Å²) in [5, 5.41) is 11.3. The molecular formula is C10H19F3N2O2. The molecule has 0 saturated heterocycles. The highest BCUT2D eigenvalue weighted by Crippen LogP contribution is 2.32.